The molecule has 0 bridgehead atoms. The number of anilines is 1. The van der Waals surface area contributed by atoms with Crippen LogP contribution in [0.25, 0.3) is 0 Å². The first-order valence-corrected chi connectivity index (χ1v) is 4.91. The predicted octanol–water partition coefficient (Wildman–Crippen LogP) is 1.26. The largest absolute Gasteiger partial charge is 0.406 e. The Balaban J connectivity index is 2.84. The van der Waals surface area contributed by atoms with E-state index in [1.54, 1.807) is 10.8 Å². The maximum Gasteiger partial charge on any atom is 0.406 e. The smallest absolute Gasteiger partial charge is 0.395 e. The molecule has 1 aromatic rings. The predicted molar refractivity (Wildman–Crippen MR) is 53.3 cm³/mol. The molecule has 0 spiro atoms. The molecule has 0 unspecified atom stereocenters. The third-order valence-electron chi connectivity index (χ3n) is 2.06. The highest BCUT2D eigenvalue weighted by Crippen LogP contribution is 2.20. The number of nitrogens with zero attached hydrogens (tertiary/aromatic N) is 3. The lowest BCUT2D eigenvalue weighted by atomic mass is 10.5. The summed E-state index contributed by atoms with van der Waals surface area (Å²) in [5.74, 6) is 0.230. The summed E-state index contributed by atoms with van der Waals surface area (Å²) in [5.41, 5.74) is 0. The number of aliphatic hydroxyl groups is 1. The van der Waals surface area contributed by atoms with Crippen molar-refractivity contribution in [1.29, 1.82) is 0 Å². The minimum absolute atomic E-state index is 0.0868. The number of aliphatic hydroxyl groups excluding tert-OH is 1. The molecule has 0 saturated carbocycles. The second kappa shape index (κ2) is 5.20. The number of rotatable bonds is 5. The van der Waals surface area contributed by atoms with Gasteiger partial charge in [0.25, 0.3) is 0 Å². The average Bonchev–Trinajstić information content (AvgIpc) is 2.62. The van der Waals surface area contributed by atoms with Crippen LogP contribution in [0.5, 0.6) is 0 Å². The van der Waals surface area contributed by atoms with Crippen LogP contribution in [0.2, 0.25) is 0 Å². The van der Waals surface area contributed by atoms with Crippen molar-refractivity contribution in [2.75, 3.05) is 24.6 Å². The number of aryl methyl sites for hydroxylation is 1. The van der Waals surface area contributed by atoms with Crippen LogP contribution in [-0.2, 0) is 6.54 Å². The lowest BCUT2D eigenvalue weighted by Gasteiger charge is -2.24. The fraction of sp³-hybridized carbons (Fsp3) is 0.667. The van der Waals surface area contributed by atoms with Crippen molar-refractivity contribution >= 4 is 5.95 Å². The fourth-order valence-corrected chi connectivity index (χ4v) is 1.42. The summed E-state index contributed by atoms with van der Waals surface area (Å²) in [6, 6.07) is 0. The first-order valence-electron chi connectivity index (χ1n) is 4.91. The second-order valence-corrected chi connectivity index (χ2v) is 3.27. The van der Waals surface area contributed by atoms with Crippen LogP contribution in [0, 0.1) is 0 Å². The van der Waals surface area contributed by atoms with Gasteiger partial charge in [0.2, 0.25) is 5.95 Å². The van der Waals surface area contributed by atoms with Crippen molar-refractivity contribution in [2.45, 2.75) is 19.6 Å². The van der Waals surface area contributed by atoms with E-state index in [1.807, 2.05) is 6.92 Å². The summed E-state index contributed by atoms with van der Waals surface area (Å²) < 4.78 is 38.5. The summed E-state index contributed by atoms with van der Waals surface area (Å²) in [6.45, 7) is 0.818. The Kier molecular flexibility index (Phi) is 4.17. The van der Waals surface area contributed by atoms with Gasteiger partial charge < -0.3 is 14.6 Å². The van der Waals surface area contributed by atoms with Crippen LogP contribution in [0.4, 0.5) is 19.1 Å². The molecule has 0 aromatic carbocycles. The van der Waals surface area contributed by atoms with E-state index in [-0.39, 0.29) is 19.1 Å². The van der Waals surface area contributed by atoms with E-state index >= 15 is 0 Å². The van der Waals surface area contributed by atoms with E-state index in [9.17, 15) is 13.2 Å². The normalized spacial score (nSPS) is 11.8. The van der Waals surface area contributed by atoms with E-state index in [1.165, 1.54) is 6.20 Å². The molecule has 0 amide bonds. The number of imidazole rings is 1. The average molecular weight is 237 g/mol. The van der Waals surface area contributed by atoms with Gasteiger partial charge in [-0.25, -0.2) is 4.98 Å². The number of hydrogen-bond acceptors (Lipinski definition) is 3. The zero-order valence-corrected chi connectivity index (χ0v) is 8.91. The van der Waals surface area contributed by atoms with Gasteiger partial charge in [-0.3, -0.25) is 0 Å². The Bertz CT molecular complexity index is 324. The SMILES string of the molecule is CCn1ccnc1N(CCO)CC(F)(F)F. The van der Waals surface area contributed by atoms with Gasteiger partial charge >= 0.3 is 6.18 Å². The summed E-state index contributed by atoms with van der Waals surface area (Å²) in [5, 5.41) is 8.75. The van der Waals surface area contributed by atoms with Gasteiger partial charge in [-0.05, 0) is 6.92 Å². The van der Waals surface area contributed by atoms with Crippen LogP contribution in [0.15, 0.2) is 12.4 Å². The maximum atomic E-state index is 12.3. The molecule has 0 radical (unpaired) electrons. The van der Waals surface area contributed by atoms with Gasteiger partial charge in [-0.1, -0.05) is 0 Å². The highest BCUT2D eigenvalue weighted by molar-refractivity contribution is 5.31. The number of alkyl halides is 3. The van der Waals surface area contributed by atoms with Crippen molar-refractivity contribution in [1.82, 2.24) is 9.55 Å². The molecular weight excluding hydrogens is 223 g/mol. The van der Waals surface area contributed by atoms with Crippen LogP contribution >= 0.6 is 0 Å². The maximum absolute atomic E-state index is 12.3. The second-order valence-electron chi connectivity index (χ2n) is 3.27. The number of halogens is 3. The van der Waals surface area contributed by atoms with Gasteiger partial charge in [0.1, 0.15) is 6.54 Å². The molecule has 0 saturated heterocycles. The quantitative estimate of drug-likeness (QED) is 0.838. The highest BCUT2D eigenvalue weighted by Gasteiger charge is 2.32. The molecule has 1 heterocycles. The monoisotopic (exact) mass is 237 g/mol. The molecule has 16 heavy (non-hydrogen) atoms. The fourth-order valence-electron chi connectivity index (χ4n) is 1.42. The molecule has 0 aliphatic carbocycles. The summed E-state index contributed by atoms with van der Waals surface area (Å²) >= 11 is 0. The topological polar surface area (TPSA) is 41.3 Å². The van der Waals surface area contributed by atoms with Gasteiger partial charge in [0.05, 0.1) is 6.61 Å². The summed E-state index contributed by atoms with van der Waals surface area (Å²) in [7, 11) is 0. The summed E-state index contributed by atoms with van der Waals surface area (Å²) in [4.78, 5) is 4.89. The highest BCUT2D eigenvalue weighted by atomic mass is 19.4. The third kappa shape index (κ3) is 3.41. The van der Waals surface area contributed by atoms with Crippen molar-refractivity contribution in [3.8, 4) is 0 Å². The van der Waals surface area contributed by atoms with E-state index in [4.69, 9.17) is 5.11 Å². The Morgan fingerprint density at radius 2 is 2.19 bits per heavy atom. The molecule has 92 valence electrons. The van der Waals surface area contributed by atoms with Crippen molar-refractivity contribution < 1.29 is 18.3 Å². The van der Waals surface area contributed by atoms with Crippen LogP contribution in [0.1, 0.15) is 6.92 Å². The molecule has 1 rings (SSSR count). The minimum atomic E-state index is -4.31. The Morgan fingerprint density at radius 3 is 2.69 bits per heavy atom. The lowest BCUT2D eigenvalue weighted by molar-refractivity contribution is -0.120. The van der Waals surface area contributed by atoms with E-state index in [0.29, 0.717) is 6.54 Å². The van der Waals surface area contributed by atoms with Crippen molar-refractivity contribution in [3.63, 3.8) is 0 Å². The first-order chi connectivity index (χ1) is 7.48. The Hall–Kier alpha value is -1.24. The third-order valence-corrected chi connectivity index (χ3v) is 2.06. The molecule has 1 aromatic heterocycles. The Morgan fingerprint density at radius 1 is 1.50 bits per heavy atom. The standard InChI is InChI=1S/C9H14F3N3O/c1-2-14-4-3-13-8(14)15(5-6-16)7-9(10,11)12/h3-4,16H,2,5-7H2,1H3. The molecule has 7 heteroatoms. The van der Waals surface area contributed by atoms with Gasteiger partial charge in [-0.15, -0.1) is 0 Å². The molecule has 0 aliphatic rings. The van der Waals surface area contributed by atoms with Crippen LogP contribution in [-0.4, -0.2) is 40.5 Å². The van der Waals surface area contributed by atoms with Crippen molar-refractivity contribution in [3.05, 3.63) is 12.4 Å². The van der Waals surface area contributed by atoms with Crippen LogP contribution in [0.3, 0.4) is 0 Å². The summed E-state index contributed by atoms with van der Waals surface area (Å²) in [6.07, 6.45) is -1.25. The zero-order valence-electron chi connectivity index (χ0n) is 8.91. The molecule has 0 fully saturated rings. The van der Waals surface area contributed by atoms with Gasteiger partial charge in [0.15, 0.2) is 0 Å². The van der Waals surface area contributed by atoms with Crippen LogP contribution < -0.4 is 4.90 Å². The molecule has 0 atom stereocenters. The van der Waals surface area contributed by atoms with E-state index < -0.39 is 12.7 Å². The molecule has 1 N–H and O–H groups in total. The molecular formula is C9H14F3N3O. The zero-order chi connectivity index (χ0) is 12.2. The molecule has 0 aliphatic heterocycles. The number of aromatic nitrogens is 2. The Labute approximate surface area is 91.3 Å². The van der Waals surface area contributed by atoms with E-state index in [0.717, 1.165) is 4.90 Å². The first kappa shape index (κ1) is 12.8. The van der Waals surface area contributed by atoms with Crippen molar-refractivity contribution in [2.24, 2.45) is 0 Å². The lowest BCUT2D eigenvalue weighted by Crippen LogP contribution is -2.37. The minimum Gasteiger partial charge on any atom is -0.395 e. The van der Waals surface area contributed by atoms with Gasteiger partial charge in [-0.2, -0.15) is 13.2 Å². The molecule has 4 nitrogen and oxygen atoms in total. The van der Waals surface area contributed by atoms with E-state index in [2.05, 4.69) is 4.98 Å². The van der Waals surface area contributed by atoms with Gasteiger partial charge in [0, 0.05) is 25.5 Å². The number of hydrogen-bond donors (Lipinski definition) is 1.